The number of carbonyl (C=O) groups is 2. The molecule has 46 heavy (non-hydrogen) atoms. The largest absolute Gasteiger partial charge is 0.481 e. The van der Waals surface area contributed by atoms with Crippen molar-refractivity contribution in [2.75, 3.05) is 0 Å². The lowest BCUT2D eigenvalue weighted by Gasteiger charge is -2.00. The molecule has 0 spiro atoms. The van der Waals surface area contributed by atoms with Gasteiger partial charge in [-0.2, -0.15) is 10.2 Å². The molecule has 0 aromatic carbocycles. The van der Waals surface area contributed by atoms with Crippen LogP contribution in [0.4, 0.5) is 0 Å². The monoisotopic (exact) mass is 634 g/mol. The number of hydrogen-bond donors (Lipinski definition) is 2. The third-order valence-electron chi connectivity index (χ3n) is 6.96. The smallest absolute Gasteiger partial charge is 0.303 e. The maximum Gasteiger partial charge on any atom is 0.303 e. The second-order valence-corrected chi connectivity index (χ2v) is 11.3. The molecule has 0 aromatic heterocycles. The van der Waals surface area contributed by atoms with Gasteiger partial charge in [0.1, 0.15) is 0 Å². The van der Waals surface area contributed by atoms with Crippen molar-refractivity contribution in [2.45, 2.75) is 142 Å². The Morgan fingerprint density at radius 1 is 0.457 bits per heavy atom. The highest BCUT2D eigenvalue weighted by atomic mass is 16.4. The normalized spacial score (nSPS) is 13.4. The van der Waals surface area contributed by atoms with Crippen molar-refractivity contribution in [1.29, 1.82) is 0 Å². The van der Waals surface area contributed by atoms with Crippen LogP contribution in [-0.2, 0) is 9.59 Å². The molecule has 256 valence electrons. The molecule has 6 heteroatoms. The van der Waals surface area contributed by atoms with Crippen molar-refractivity contribution in [1.82, 2.24) is 0 Å². The molecular formula is C40H62N2O4. The van der Waals surface area contributed by atoms with Gasteiger partial charge in [0.2, 0.25) is 0 Å². The number of allylic oxidation sites excluding steroid dienone is 14. The van der Waals surface area contributed by atoms with Crippen LogP contribution in [0.2, 0.25) is 0 Å². The molecule has 6 nitrogen and oxygen atoms in total. The van der Waals surface area contributed by atoms with Gasteiger partial charge < -0.3 is 10.2 Å². The Kier molecular flexibility index (Phi) is 31.7. The van der Waals surface area contributed by atoms with E-state index in [0.717, 1.165) is 62.8 Å². The molecule has 0 aliphatic rings. The van der Waals surface area contributed by atoms with E-state index in [9.17, 15) is 9.59 Å². The Bertz CT molecular complexity index is 1040. The fourth-order valence-corrected chi connectivity index (χ4v) is 4.25. The van der Waals surface area contributed by atoms with Crippen LogP contribution in [-0.4, -0.2) is 22.2 Å². The van der Waals surface area contributed by atoms with E-state index in [2.05, 4.69) is 97.0 Å². The number of rotatable bonds is 30. The molecule has 0 unspecified atom stereocenters. The Hall–Kier alpha value is -3.54. The summed E-state index contributed by atoms with van der Waals surface area (Å²) in [4.78, 5) is 21.4. The summed E-state index contributed by atoms with van der Waals surface area (Å²) < 4.78 is 0. The van der Waals surface area contributed by atoms with Crippen molar-refractivity contribution in [3.63, 3.8) is 0 Å². The molecule has 0 aromatic rings. The molecule has 2 N–H and O–H groups in total. The van der Waals surface area contributed by atoms with Gasteiger partial charge in [0, 0.05) is 25.7 Å². The zero-order valence-corrected chi connectivity index (χ0v) is 28.8. The minimum Gasteiger partial charge on any atom is -0.481 e. The predicted octanol–water partition coefficient (Wildman–Crippen LogP) is 12.6. The van der Waals surface area contributed by atoms with Crippen LogP contribution >= 0.6 is 0 Å². The first-order valence-electron chi connectivity index (χ1n) is 17.6. The van der Waals surface area contributed by atoms with Gasteiger partial charge in [0.15, 0.2) is 0 Å². The summed E-state index contributed by atoms with van der Waals surface area (Å²) >= 11 is 0. The molecule has 0 heterocycles. The Balaban J connectivity index is 5.42. The SMILES string of the molecule is CCCCCC=CCC=CCC(=CCC=CCCCC(=O)O)N=NC(=CCC=CCCCCC)CC=CCC=CCCCC(=O)O. The lowest BCUT2D eigenvalue weighted by atomic mass is 10.2. The van der Waals surface area contributed by atoms with Crippen molar-refractivity contribution in [2.24, 2.45) is 10.2 Å². The highest BCUT2D eigenvalue weighted by Crippen LogP contribution is 2.15. The second-order valence-electron chi connectivity index (χ2n) is 11.3. The zero-order chi connectivity index (χ0) is 33.8. The summed E-state index contributed by atoms with van der Waals surface area (Å²) in [5.74, 6) is -1.50. The van der Waals surface area contributed by atoms with Crippen molar-refractivity contribution in [3.05, 3.63) is 96.5 Å². The van der Waals surface area contributed by atoms with E-state index in [1.807, 2.05) is 12.2 Å². The van der Waals surface area contributed by atoms with Crippen molar-refractivity contribution >= 4 is 11.9 Å². The lowest BCUT2D eigenvalue weighted by Crippen LogP contribution is -1.92. The van der Waals surface area contributed by atoms with E-state index in [0.29, 0.717) is 25.7 Å². The first-order chi connectivity index (χ1) is 22.5. The summed E-state index contributed by atoms with van der Waals surface area (Å²) in [6.45, 7) is 4.44. The number of carboxylic acids is 2. The second kappa shape index (κ2) is 34.3. The fourth-order valence-electron chi connectivity index (χ4n) is 4.25. The molecular weight excluding hydrogens is 572 g/mol. The molecule has 0 fully saturated rings. The Labute approximate surface area is 280 Å². The highest BCUT2D eigenvalue weighted by molar-refractivity contribution is 5.66. The first kappa shape index (κ1) is 42.5. The summed E-state index contributed by atoms with van der Waals surface area (Å²) in [7, 11) is 0. The average molecular weight is 635 g/mol. The predicted molar refractivity (Wildman–Crippen MR) is 195 cm³/mol. The van der Waals surface area contributed by atoms with Gasteiger partial charge in [0.05, 0.1) is 11.4 Å². The molecule has 0 amide bonds. The third kappa shape index (κ3) is 33.4. The maximum absolute atomic E-state index is 10.7. The van der Waals surface area contributed by atoms with Gasteiger partial charge in [0.25, 0.3) is 0 Å². The van der Waals surface area contributed by atoms with Crippen LogP contribution in [0.1, 0.15) is 142 Å². The van der Waals surface area contributed by atoms with Crippen LogP contribution in [0.25, 0.3) is 0 Å². The number of nitrogens with zero attached hydrogens (tertiary/aromatic N) is 2. The van der Waals surface area contributed by atoms with E-state index in [4.69, 9.17) is 10.2 Å². The molecule has 0 saturated carbocycles. The van der Waals surface area contributed by atoms with Gasteiger partial charge >= 0.3 is 11.9 Å². The molecule has 0 radical (unpaired) electrons. The van der Waals surface area contributed by atoms with E-state index >= 15 is 0 Å². The van der Waals surface area contributed by atoms with Crippen molar-refractivity contribution < 1.29 is 19.8 Å². The first-order valence-corrected chi connectivity index (χ1v) is 17.6. The molecule has 0 saturated heterocycles. The summed E-state index contributed by atoms with van der Waals surface area (Å²) in [5.41, 5.74) is 1.83. The highest BCUT2D eigenvalue weighted by Gasteiger charge is 1.97. The van der Waals surface area contributed by atoms with E-state index in [1.54, 1.807) is 0 Å². The summed E-state index contributed by atoms with van der Waals surface area (Å²) in [6.07, 6.45) is 47.6. The number of carboxylic acid groups (broad SMARTS) is 2. The fraction of sp³-hybridized carbons (Fsp3) is 0.550. The minimum absolute atomic E-state index is 0.193. The van der Waals surface area contributed by atoms with E-state index in [-0.39, 0.29) is 12.8 Å². The van der Waals surface area contributed by atoms with Crippen molar-refractivity contribution in [3.8, 4) is 0 Å². The molecule has 0 atom stereocenters. The van der Waals surface area contributed by atoms with Crippen LogP contribution in [0.15, 0.2) is 107 Å². The number of aliphatic carboxylic acids is 2. The van der Waals surface area contributed by atoms with Crippen LogP contribution < -0.4 is 0 Å². The van der Waals surface area contributed by atoms with E-state index < -0.39 is 11.9 Å². The third-order valence-corrected chi connectivity index (χ3v) is 6.96. The lowest BCUT2D eigenvalue weighted by molar-refractivity contribution is -0.138. The van der Waals surface area contributed by atoms with Gasteiger partial charge in [-0.25, -0.2) is 0 Å². The van der Waals surface area contributed by atoms with Gasteiger partial charge in [-0.05, 0) is 77.0 Å². The van der Waals surface area contributed by atoms with Gasteiger partial charge in [-0.3, -0.25) is 9.59 Å². The summed E-state index contributed by atoms with van der Waals surface area (Å²) in [6, 6.07) is 0. The Morgan fingerprint density at radius 2 is 0.804 bits per heavy atom. The van der Waals surface area contributed by atoms with Crippen LogP contribution in [0.5, 0.6) is 0 Å². The van der Waals surface area contributed by atoms with Gasteiger partial charge in [-0.15, -0.1) is 0 Å². The Morgan fingerprint density at radius 3 is 1.17 bits per heavy atom. The molecule has 0 aliphatic carbocycles. The topological polar surface area (TPSA) is 99.3 Å². The van der Waals surface area contributed by atoms with E-state index in [1.165, 1.54) is 38.5 Å². The standard InChI is InChI=1S/C40H62N2O4/c1-3-5-7-9-11-12-15-20-26-32-38(34-28-22-18-24-30-36-40(45)46)42-41-37(31-25-19-14-10-8-6-4-2)33-27-21-16-13-17-23-29-35-39(43)44/h11-14,17-22,26-27,31,34H,3-10,15-16,23-25,28-30,32-33,35-36H2,1-2H3,(H,43,44)(H,45,46). The average Bonchev–Trinajstić information content (AvgIpc) is 3.03. The van der Waals surface area contributed by atoms with Crippen LogP contribution in [0, 0.1) is 0 Å². The van der Waals surface area contributed by atoms with Gasteiger partial charge in [-0.1, -0.05) is 125 Å². The minimum atomic E-state index is -0.756. The molecule has 0 rings (SSSR count). The maximum atomic E-state index is 10.7. The molecule has 0 bridgehead atoms. The zero-order valence-electron chi connectivity index (χ0n) is 28.8. The number of hydrogen-bond acceptors (Lipinski definition) is 4. The quantitative estimate of drug-likeness (QED) is 0.0466. The summed E-state index contributed by atoms with van der Waals surface area (Å²) in [5, 5.41) is 26.9. The molecule has 0 aliphatic heterocycles. The number of azo groups is 1. The van der Waals surface area contributed by atoms with Crippen LogP contribution in [0.3, 0.4) is 0 Å². The number of unbranched alkanes of at least 4 members (excludes halogenated alkanes) is 8.